The fourth-order valence-corrected chi connectivity index (χ4v) is 4.30. The van der Waals surface area contributed by atoms with Gasteiger partial charge in [0.2, 0.25) is 5.91 Å². The van der Waals surface area contributed by atoms with Crippen molar-refractivity contribution in [3.63, 3.8) is 0 Å². The van der Waals surface area contributed by atoms with Gasteiger partial charge in [-0.2, -0.15) is 0 Å². The van der Waals surface area contributed by atoms with Gasteiger partial charge in [-0.3, -0.25) is 4.79 Å². The van der Waals surface area contributed by atoms with Gasteiger partial charge in [-0.05, 0) is 62.3 Å². The smallest absolute Gasteiger partial charge is 0.226 e. The molecule has 25 heavy (non-hydrogen) atoms. The van der Waals surface area contributed by atoms with Gasteiger partial charge in [-0.15, -0.1) is 0 Å². The van der Waals surface area contributed by atoms with Gasteiger partial charge in [0.1, 0.15) is 0 Å². The normalized spacial score (nSPS) is 27.3. The Morgan fingerprint density at radius 3 is 2.40 bits per heavy atom. The van der Waals surface area contributed by atoms with E-state index in [1.54, 1.807) is 6.07 Å². The predicted octanol–water partition coefficient (Wildman–Crippen LogP) is 3.54. The summed E-state index contributed by atoms with van der Waals surface area (Å²) in [6.45, 7) is 5.38. The first-order valence-electron chi connectivity index (χ1n) is 9.58. The Kier molecular flexibility index (Phi) is 4.52. The molecule has 1 saturated heterocycles. The summed E-state index contributed by atoms with van der Waals surface area (Å²) in [5.41, 5.74) is 0.758. The average Bonchev–Trinajstić information content (AvgIpc) is 3.52. The maximum absolute atomic E-state index is 13.5. The Morgan fingerprint density at radius 2 is 1.80 bits per heavy atom. The lowest BCUT2D eigenvalue weighted by Gasteiger charge is -2.38. The summed E-state index contributed by atoms with van der Waals surface area (Å²) in [5, 5.41) is 0. The van der Waals surface area contributed by atoms with E-state index in [2.05, 4.69) is 16.7 Å². The van der Waals surface area contributed by atoms with Crippen molar-refractivity contribution in [2.75, 3.05) is 19.6 Å². The van der Waals surface area contributed by atoms with Gasteiger partial charge < -0.3 is 9.80 Å². The van der Waals surface area contributed by atoms with Crippen LogP contribution >= 0.6 is 0 Å². The molecular weight excluding hydrogens is 322 g/mol. The highest BCUT2D eigenvalue weighted by Crippen LogP contribution is 2.50. The van der Waals surface area contributed by atoms with Gasteiger partial charge in [0.25, 0.3) is 0 Å². The number of carbonyl (C=O) groups excluding carboxylic acids is 1. The fraction of sp³-hybridized carbons (Fsp3) is 0.650. The zero-order chi connectivity index (χ0) is 17.6. The van der Waals surface area contributed by atoms with Crippen molar-refractivity contribution < 1.29 is 13.6 Å². The van der Waals surface area contributed by atoms with Crippen molar-refractivity contribution in [1.29, 1.82) is 0 Å². The first-order valence-corrected chi connectivity index (χ1v) is 9.58. The molecule has 5 heteroatoms. The van der Waals surface area contributed by atoms with E-state index in [0.29, 0.717) is 12.1 Å². The van der Waals surface area contributed by atoms with E-state index < -0.39 is 11.6 Å². The van der Waals surface area contributed by atoms with Crippen LogP contribution in [0.15, 0.2) is 18.2 Å². The van der Waals surface area contributed by atoms with Crippen LogP contribution in [0.25, 0.3) is 0 Å². The molecule has 4 rings (SSSR count). The molecule has 0 spiro atoms. The molecule has 3 nitrogen and oxygen atoms in total. The molecule has 1 aromatic carbocycles. The third-order valence-electron chi connectivity index (χ3n) is 6.07. The average molecular weight is 348 g/mol. The third-order valence-corrected chi connectivity index (χ3v) is 6.07. The molecule has 1 amide bonds. The lowest BCUT2D eigenvalue weighted by atomic mass is 10.0. The summed E-state index contributed by atoms with van der Waals surface area (Å²) in [5.74, 6) is -1.39. The molecular formula is C20H26F2N2O. The molecule has 0 aromatic heterocycles. The van der Waals surface area contributed by atoms with E-state index in [-0.39, 0.29) is 17.7 Å². The van der Waals surface area contributed by atoms with Crippen LogP contribution in [0.2, 0.25) is 0 Å². The van der Waals surface area contributed by atoms with Crippen LogP contribution in [0.3, 0.4) is 0 Å². The van der Waals surface area contributed by atoms with Gasteiger partial charge in [0.05, 0.1) is 0 Å². The largest absolute Gasteiger partial charge is 0.336 e. The van der Waals surface area contributed by atoms with E-state index in [0.717, 1.165) is 57.3 Å². The molecule has 3 fully saturated rings. The zero-order valence-electron chi connectivity index (χ0n) is 14.8. The number of benzene rings is 1. The molecule has 2 atom stereocenters. The molecule has 0 bridgehead atoms. The highest BCUT2D eigenvalue weighted by Gasteiger charge is 2.50. The number of piperidine rings is 1. The molecule has 0 N–H and O–H groups in total. The molecule has 1 aliphatic heterocycles. The lowest BCUT2D eigenvalue weighted by molar-refractivity contribution is -0.136. The summed E-state index contributed by atoms with van der Waals surface area (Å²) < 4.78 is 26.6. The fourth-order valence-electron chi connectivity index (χ4n) is 4.30. The lowest BCUT2D eigenvalue weighted by Crippen LogP contribution is -2.49. The monoisotopic (exact) mass is 348 g/mol. The molecule has 136 valence electrons. The number of nitrogens with zero attached hydrogens (tertiary/aromatic N) is 2. The predicted molar refractivity (Wildman–Crippen MR) is 92.2 cm³/mol. The number of carbonyl (C=O) groups is 1. The van der Waals surface area contributed by atoms with Crippen LogP contribution in [-0.4, -0.2) is 47.4 Å². The summed E-state index contributed by atoms with van der Waals surface area (Å²) in [6, 6.07) is 4.82. The molecule has 2 aliphatic carbocycles. The Hall–Kier alpha value is -1.49. The van der Waals surface area contributed by atoms with Crippen molar-refractivity contribution in [2.24, 2.45) is 5.92 Å². The Labute approximate surface area is 148 Å². The summed E-state index contributed by atoms with van der Waals surface area (Å²) in [6.07, 6.45) is 5.10. The van der Waals surface area contributed by atoms with E-state index in [4.69, 9.17) is 0 Å². The van der Waals surface area contributed by atoms with Crippen molar-refractivity contribution in [2.45, 2.75) is 57.0 Å². The summed E-state index contributed by atoms with van der Waals surface area (Å²) >= 11 is 0. The first kappa shape index (κ1) is 17.0. The molecule has 0 unspecified atom stereocenters. The Balaban J connectivity index is 1.43. The van der Waals surface area contributed by atoms with Crippen LogP contribution in [0.1, 0.15) is 50.5 Å². The number of halogens is 2. The molecule has 0 radical (unpaired) electrons. The number of hydrogen-bond donors (Lipinski definition) is 0. The topological polar surface area (TPSA) is 23.6 Å². The standard InChI is InChI=1S/C20H26F2N2O/c1-2-23-9-7-15(8-10-23)24(14-4-5-14)20(25)17-12-16(17)13-3-6-18(21)19(22)11-13/h3,6,11,14-17H,2,4-5,7-10,12H2,1H3/t16-,17-/m1/s1. The highest BCUT2D eigenvalue weighted by molar-refractivity contribution is 5.84. The van der Waals surface area contributed by atoms with Crippen LogP contribution in [0.4, 0.5) is 8.78 Å². The number of likely N-dealkylation sites (tertiary alicyclic amines) is 1. The minimum Gasteiger partial charge on any atom is -0.336 e. The van der Waals surface area contributed by atoms with Crippen LogP contribution in [0.5, 0.6) is 0 Å². The van der Waals surface area contributed by atoms with Crippen molar-refractivity contribution >= 4 is 5.91 Å². The number of rotatable bonds is 5. The molecule has 1 heterocycles. The molecule has 2 saturated carbocycles. The first-order chi connectivity index (χ1) is 12.1. The van der Waals surface area contributed by atoms with Gasteiger partial charge in [0, 0.05) is 31.1 Å². The highest BCUT2D eigenvalue weighted by atomic mass is 19.2. The zero-order valence-corrected chi connectivity index (χ0v) is 14.8. The second-order valence-electron chi connectivity index (χ2n) is 7.76. The van der Waals surface area contributed by atoms with Crippen molar-refractivity contribution in [3.8, 4) is 0 Å². The maximum Gasteiger partial charge on any atom is 0.226 e. The molecule has 3 aliphatic rings. The van der Waals surface area contributed by atoms with E-state index in [1.807, 2.05) is 0 Å². The second-order valence-corrected chi connectivity index (χ2v) is 7.76. The van der Waals surface area contributed by atoms with Gasteiger partial charge in [-0.25, -0.2) is 8.78 Å². The van der Waals surface area contributed by atoms with Crippen molar-refractivity contribution in [3.05, 3.63) is 35.4 Å². The van der Waals surface area contributed by atoms with Gasteiger partial charge in [0.15, 0.2) is 11.6 Å². The van der Waals surface area contributed by atoms with E-state index in [9.17, 15) is 13.6 Å². The van der Waals surface area contributed by atoms with E-state index in [1.165, 1.54) is 12.1 Å². The Morgan fingerprint density at radius 1 is 1.12 bits per heavy atom. The number of amides is 1. The van der Waals surface area contributed by atoms with Crippen LogP contribution in [-0.2, 0) is 4.79 Å². The van der Waals surface area contributed by atoms with Crippen LogP contribution in [0, 0.1) is 17.6 Å². The third kappa shape index (κ3) is 3.43. The summed E-state index contributed by atoms with van der Waals surface area (Å²) in [7, 11) is 0. The quantitative estimate of drug-likeness (QED) is 0.812. The van der Waals surface area contributed by atoms with Crippen molar-refractivity contribution in [1.82, 2.24) is 9.80 Å². The van der Waals surface area contributed by atoms with Gasteiger partial charge >= 0.3 is 0 Å². The minimum atomic E-state index is -0.824. The summed E-state index contributed by atoms with van der Waals surface area (Å²) in [4.78, 5) is 17.7. The second kappa shape index (κ2) is 6.67. The van der Waals surface area contributed by atoms with Gasteiger partial charge in [-0.1, -0.05) is 13.0 Å². The SMILES string of the molecule is CCN1CCC(N(C(=O)[C@@H]2C[C@@H]2c2ccc(F)c(F)c2)C2CC2)CC1. The molecule has 1 aromatic rings. The van der Waals surface area contributed by atoms with E-state index >= 15 is 0 Å². The number of hydrogen-bond acceptors (Lipinski definition) is 2. The minimum absolute atomic E-state index is 0.0466. The van der Waals surface area contributed by atoms with Crippen LogP contribution < -0.4 is 0 Å². The maximum atomic E-state index is 13.5. The Bertz CT molecular complexity index is 653.